The van der Waals surface area contributed by atoms with Gasteiger partial charge in [0, 0.05) is 17.3 Å². The first kappa shape index (κ1) is 13.3. The first-order valence-electron chi connectivity index (χ1n) is 6.12. The second-order valence-electron chi connectivity index (χ2n) is 4.64. The Morgan fingerprint density at radius 2 is 2.13 bits per heavy atom. The second kappa shape index (κ2) is 6.77. The van der Waals surface area contributed by atoms with Gasteiger partial charge in [-0.25, -0.2) is 0 Å². The summed E-state index contributed by atoms with van der Waals surface area (Å²) < 4.78 is 0. The molecule has 3 heteroatoms. The van der Waals surface area contributed by atoms with Crippen LogP contribution in [0.25, 0.3) is 0 Å². The molecule has 2 N–H and O–H groups in total. The molecule has 3 unspecified atom stereocenters. The molecule has 0 aliphatic heterocycles. The molecule has 0 heterocycles. The number of hydrogen-bond acceptors (Lipinski definition) is 3. The third-order valence-electron chi connectivity index (χ3n) is 3.31. The van der Waals surface area contributed by atoms with Crippen LogP contribution < -0.4 is 5.32 Å². The molecule has 0 amide bonds. The van der Waals surface area contributed by atoms with E-state index in [-0.39, 0.29) is 6.61 Å². The Kier molecular flexibility index (Phi) is 6.02. The first-order chi connectivity index (χ1) is 7.22. The lowest BCUT2D eigenvalue weighted by Gasteiger charge is -2.27. The standard InChI is InChI=1S/C12H25NOS/c1-4-5-11(10-6-7-10)13-9(2)12(8-14)15-3/h9-14H,4-8H2,1-3H3. The van der Waals surface area contributed by atoms with E-state index in [1.54, 1.807) is 11.8 Å². The van der Waals surface area contributed by atoms with Crippen LogP contribution in [0.4, 0.5) is 0 Å². The normalized spacial score (nSPS) is 22.4. The van der Waals surface area contributed by atoms with E-state index in [4.69, 9.17) is 0 Å². The SMILES string of the molecule is CCCC(NC(C)C(CO)SC)C1CC1. The topological polar surface area (TPSA) is 32.3 Å². The van der Waals surface area contributed by atoms with E-state index < -0.39 is 0 Å². The van der Waals surface area contributed by atoms with Crippen LogP contribution in [0.2, 0.25) is 0 Å². The molecule has 2 nitrogen and oxygen atoms in total. The lowest BCUT2D eigenvalue weighted by atomic mass is 10.1. The molecule has 0 saturated heterocycles. The highest BCUT2D eigenvalue weighted by atomic mass is 32.2. The van der Waals surface area contributed by atoms with Crippen molar-refractivity contribution in [2.45, 2.75) is 56.9 Å². The van der Waals surface area contributed by atoms with Gasteiger partial charge >= 0.3 is 0 Å². The van der Waals surface area contributed by atoms with Crippen LogP contribution >= 0.6 is 11.8 Å². The van der Waals surface area contributed by atoms with Gasteiger partial charge in [0.25, 0.3) is 0 Å². The number of aliphatic hydroxyl groups is 1. The zero-order chi connectivity index (χ0) is 11.3. The lowest BCUT2D eigenvalue weighted by Crippen LogP contribution is -2.44. The van der Waals surface area contributed by atoms with E-state index in [9.17, 15) is 5.11 Å². The zero-order valence-corrected chi connectivity index (χ0v) is 11.0. The summed E-state index contributed by atoms with van der Waals surface area (Å²) in [5, 5.41) is 13.3. The maximum Gasteiger partial charge on any atom is 0.0564 e. The van der Waals surface area contributed by atoms with Crippen molar-refractivity contribution >= 4 is 11.8 Å². The van der Waals surface area contributed by atoms with E-state index in [1.807, 2.05) is 0 Å². The van der Waals surface area contributed by atoms with Gasteiger partial charge in [0.2, 0.25) is 0 Å². The molecule has 1 aliphatic carbocycles. The van der Waals surface area contributed by atoms with Gasteiger partial charge < -0.3 is 10.4 Å². The number of aliphatic hydroxyl groups excluding tert-OH is 1. The summed E-state index contributed by atoms with van der Waals surface area (Å²) >= 11 is 1.76. The van der Waals surface area contributed by atoms with Crippen molar-refractivity contribution in [1.82, 2.24) is 5.32 Å². The maximum atomic E-state index is 9.23. The number of nitrogens with one attached hydrogen (secondary N) is 1. The van der Waals surface area contributed by atoms with Crippen LogP contribution in [0, 0.1) is 5.92 Å². The summed E-state index contributed by atoms with van der Waals surface area (Å²) in [6, 6.07) is 1.10. The smallest absolute Gasteiger partial charge is 0.0564 e. The molecule has 1 aliphatic rings. The van der Waals surface area contributed by atoms with Gasteiger partial charge in [0.05, 0.1) is 6.61 Å². The third-order valence-corrected chi connectivity index (χ3v) is 4.47. The van der Waals surface area contributed by atoms with E-state index in [0.717, 1.165) is 5.92 Å². The van der Waals surface area contributed by atoms with Gasteiger partial charge in [-0.1, -0.05) is 13.3 Å². The highest BCUT2D eigenvalue weighted by Gasteiger charge is 2.32. The van der Waals surface area contributed by atoms with Crippen molar-refractivity contribution in [3.05, 3.63) is 0 Å². The Balaban J connectivity index is 2.34. The lowest BCUT2D eigenvalue weighted by molar-refractivity contribution is 0.264. The molecule has 1 rings (SSSR count). The van der Waals surface area contributed by atoms with Crippen LogP contribution in [0.5, 0.6) is 0 Å². The molecule has 3 atom stereocenters. The number of thioether (sulfide) groups is 1. The van der Waals surface area contributed by atoms with Gasteiger partial charge in [0.15, 0.2) is 0 Å². The minimum absolute atomic E-state index is 0.277. The quantitative estimate of drug-likeness (QED) is 0.672. The van der Waals surface area contributed by atoms with Crippen LogP contribution in [-0.4, -0.2) is 35.3 Å². The Hall–Kier alpha value is 0.270. The summed E-state index contributed by atoms with van der Waals surface area (Å²) in [6.07, 6.45) is 7.40. The average Bonchev–Trinajstić information content (AvgIpc) is 3.02. The zero-order valence-electron chi connectivity index (χ0n) is 10.2. The molecular formula is C12H25NOS. The molecule has 0 spiro atoms. The highest BCUT2D eigenvalue weighted by molar-refractivity contribution is 7.99. The minimum Gasteiger partial charge on any atom is -0.395 e. The van der Waals surface area contributed by atoms with Gasteiger partial charge in [-0.15, -0.1) is 0 Å². The number of hydrogen-bond donors (Lipinski definition) is 2. The molecule has 0 radical (unpaired) electrons. The predicted octanol–water partition coefficient (Wildman–Crippen LogP) is 2.27. The van der Waals surface area contributed by atoms with Crippen LogP contribution in [0.3, 0.4) is 0 Å². The molecule has 15 heavy (non-hydrogen) atoms. The van der Waals surface area contributed by atoms with Gasteiger partial charge in [0.1, 0.15) is 0 Å². The van der Waals surface area contributed by atoms with Crippen molar-refractivity contribution < 1.29 is 5.11 Å². The largest absolute Gasteiger partial charge is 0.395 e. The monoisotopic (exact) mass is 231 g/mol. The van der Waals surface area contributed by atoms with E-state index in [2.05, 4.69) is 25.4 Å². The summed E-state index contributed by atoms with van der Waals surface area (Å²) in [5.74, 6) is 0.911. The molecule has 0 aromatic heterocycles. The molecule has 1 saturated carbocycles. The van der Waals surface area contributed by atoms with Crippen molar-refractivity contribution in [2.75, 3.05) is 12.9 Å². The van der Waals surface area contributed by atoms with Gasteiger partial charge in [-0.2, -0.15) is 11.8 Å². The highest BCUT2D eigenvalue weighted by Crippen LogP contribution is 2.35. The fraction of sp³-hybridized carbons (Fsp3) is 1.00. The average molecular weight is 231 g/mol. The molecule has 90 valence electrons. The summed E-state index contributed by atoms with van der Waals surface area (Å²) in [6.45, 7) is 4.72. The summed E-state index contributed by atoms with van der Waals surface area (Å²) in [7, 11) is 0. The molecule has 0 bridgehead atoms. The second-order valence-corrected chi connectivity index (χ2v) is 5.72. The van der Waals surface area contributed by atoms with E-state index >= 15 is 0 Å². The van der Waals surface area contributed by atoms with Gasteiger partial charge in [-0.3, -0.25) is 0 Å². The van der Waals surface area contributed by atoms with Crippen molar-refractivity contribution in [1.29, 1.82) is 0 Å². The maximum absolute atomic E-state index is 9.23. The Morgan fingerprint density at radius 1 is 1.47 bits per heavy atom. The minimum atomic E-state index is 0.277. The van der Waals surface area contributed by atoms with Gasteiger partial charge in [-0.05, 0) is 38.4 Å². The fourth-order valence-corrected chi connectivity index (χ4v) is 2.78. The molecule has 0 aromatic carbocycles. The summed E-state index contributed by atoms with van der Waals surface area (Å²) in [4.78, 5) is 0. The molecule has 0 aromatic rings. The van der Waals surface area contributed by atoms with E-state index in [0.29, 0.717) is 17.3 Å². The molecular weight excluding hydrogens is 206 g/mol. The fourth-order valence-electron chi connectivity index (χ4n) is 2.15. The number of rotatable bonds is 8. The first-order valence-corrected chi connectivity index (χ1v) is 7.41. The van der Waals surface area contributed by atoms with Crippen LogP contribution in [0.15, 0.2) is 0 Å². The van der Waals surface area contributed by atoms with E-state index in [1.165, 1.54) is 25.7 Å². The third kappa shape index (κ3) is 4.33. The Bertz CT molecular complexity index is 169. The summed E-state index contributed by atoms with van der Waals surface area (Å²) in [5.41, 5.74) is 0. The molecule has 1 fully saturated rings. The van der Waals surface area contributed by atoms with Crippen molar-refractivity contribution in [2.24, 2.45) is 5.92 Å². The van der Waals surface area contributed by atoms with Crippen LogP contribution in [0.1, 0.15) is 39.5 Å². The Morgan fingerprint density at radius 3 is 2.53 bits per heavy atom. The van der Waals surface area contributed by atoms with Crippen molar-refractivity contribution in [3.63, 3.8) is 0 Å². The van der Waals surface area contributed by atoms with Crippen molar-refractivity contribution in [3.8, 4) is 0 Å². The predicted molar refractivity (Wildman–Crippen MR) is 68.4 cm³/mol. The Labute approximate surface area is 98.2 Å². The van der Waals surface area contributed by atoms with Crippen LogP contribution in [-0.2, 0) is 0 Å².